The van der Waals surface area contributed by atoms with Gasteiger partial charge in [-0.2, -0.15) is 0 Å². The number of ether oxygens (including phenoxy) is 2. The van der Waals surface area contributed by atoms with Crippen molar-refractivity contribution in [2.24, 2.45) is 0 Å². The number of thioether (sulfide) groups is 1. The molecule has 0 unspecified atom stereocenters. The molecule has 1 aromatic rings. The van der Waals surface area contributed by atoms with Crippen molar-refractivity contribution in [3.8, 4) is 11.5 Å². The number of phenolic OH excluding ortho intramolecular Hbond substituents is 1. The van der Waals surface area contributed by atoms with Gasteiger partial charge in [-0.1, -0.05) is 24.0 Å². The van der Waals surface area contributed by atoms with Crippen LogP contribution in [-0.2, 0) is 14.3 Å². The van der Waals surface area contributed by atoms with E-state index >= 15 is 0 Å². The zero-order chi connectivity index (χ0) is 20.1. The lowest BCUT2D eigenvalue weighted by Gasteiger charge is -2.13. The lowest BCUT2D eigenvalue weighted by Crippen LogP contribution is -2.30. The van der Waals surface area contributed by atoms with Crippen LogP contribution < -0.4 is 4.74 Å². The first-order chi connectivity index (χ1) is 12.8. The van der Waals surface area contributed by atoms with Crippen LogP contribution in [0.1, 0.15) is 18.9 Å². The largest absolute Gasteiger partial charge is 0.500 e. The van der Waals surface area contributed by atoms with Crippen LogP contribution in [-0.4, -0.2) is 51.4 Å². The number of rotatable bonds is 7. The third-order valence-electron chi connectivity index (χ3n) is 3.51. The molecule has 1 fully saturated rings. The molecule has 27 heavy (non-hydrogen) atoms. The van der Waals surface area contributed by atoms with Gasteiger partial charge in [0.2, 0.25) is 5.75 Å². The number of nitrogens with zero attached hydrogens (tertiary/aromatic N) is 2. The number of nitro groups is 1. The molecule has 0 bridgehead atoms. The Morgan fingerprint density at radius 1 is 1.48 bits per heavy atom. The average molecular weight is 412 g/mol. The molecule has 1 aliphatic rings. The number of hydrogen-bond acceptors (Lipinski definition) is 9. The summed E-state index contributed by atoms with van der Waals surface area (Å²) in [4.78, 5) is 35.8. The number of nitro benzene ring substituents is 1. The highest BCUT2D eigenvalue weighted by molar-refractivity contribution is 8.26. The molecule has 144 valence electrons. The summed E-state index contributed by atoms with van der Waals surface area (Å²) in [5, 5.41) is 20.9. The second-order valence-corrected chi connectivity index (χ2v) is 6.91. The highest BCUT2D eigenvalue weighted by Gasteiger charge is 2.32. The molecule has 1 heterocycles. The van der Waals surface area contributed by atoms with Crippen LogP contribution >= 0.6 is 24.0 Å². The molecular weight excluding hydrogens is 396 g/mol. The van der Waals surface area contributed by atoms with Gasteiger partial charge in [-0.05, 0) is 24.6 Å². The monoisotopic (exact) mass is 412 g/mol. The minimum atomic E-state index is -0.750. The van der Waals surface area contributed by atoms with Gasteiger partial charge >= 0.3 is 11.7 Å². The summed E-state index contributed by atoms with van der Waals surface area (Å²) in [6.45, 7) is 2.02. The number of benzene rings is 1. The summed E-state index contributed by atoms with van der Waals surface area (Å²) in [5.74, 6) is -1.53. The maximum absolute atomic E-state index is 12.5. The van der Waals surface area contributed by atoms with Crippen molar-refractivity contribution < 1.29 is 29.1 Å². The van der Waals surface area contributed by atoms with Crippen molar-refractivity contribution in [2.45, 2.75) is 13.3 Å². The topological polar surface area (TPSA) is 119 Å². The van der Waals surface area contributed by atoms with Crippen molar-refractivity contribution in [3.63, 3.8) is 0 Å². The molecule has 0 saturated carbocycles. The number of carbonyl (C=O) groups is 2. The van der Waals surface area contributed by atoms with Crippen LogP contribution in [0.5, 0.6) is 11.5 Å². The Kier molecular flexibility index (Phi) is 6.75. The van der Waals surface area contributed by atoms with Gasteiger partial charge in [0.1, 0.15) is 4.32 Å². The number of hydrogen-bond donors (Lipinski definition) is 1. The van der Waals surface area contributed by atoms with E-state index in [1.165, 1.54) is 24.2 Å². The number of methoxy groups -OCH3 is 1. The van der Waals surface area contributed by atoms with E-state index in [2.05, 4.69) is 0 Å². The van der Waals surface area contributed by atoms with Crippen LogP contribution in [0.25, 0.3) is 6.08 Å². The molecule has 11 heteroatoms. The Bertz CT molecular complexity index is 838. The highest BCUT2D eigenvalue weighted by Crippen LogP contribution is 2.39. The molecule has 0 spiro atoms. The number of carbonyl (C=O) groups excluding carboxylic acids is 2. The third kappa shape index (κ3) is 4.74. The molecule has 1 saturated heterocycles. The van der Waals surface area contributed by atoms with Gasteiger partial charge in [0.15, 0.2) is 5.75 Å². The van der Waals surface area contributed by atoms with Gasteiger partial charge < -0.3 is 14.6 Å². The summed E-state index contributed by atoms with van der Waals surface area (Å²) in [6, 6.07) is 2.50. The van der Waals surface area contributed by atoms with Gasteiger partial charge in [0.25, 0.3) is 5.91 Å². The van der Waals surface area contributed by atoms with Crippen LogP contribution in [0.2, 0.25) is 0 Å². The third-order valence-corrected chi connectivity index (χ3v) is 4.89. The molecule has 1 N–H and O–H groups in total. The van der Waals surface area contributed by atoms with Crippen molar-refractivity contribution in [1.82, 2.24) is 4.90 Å². The SMILES string of the molecule is CCOC(=O)CCN1C(=O)/C(=C/c2cc(OC)c(O)c([N+](=O)[O-])c2)SC1=S. The van der Waals surface area contributed by atoms with Crippen molar-refractivity contribution in [1.29, 1.82) is 0 Å². The molecule has 0 aliphatic carbocycles. The zero-order valence-corrected chi connectivity index (χ0v) is 16.1. The quantitative estimate of drug-likeness (QED) is 0.237. The van der Waals surface area contributed by atoms with E-state index < -0.39 is 28.2 Å². The Morgan fingerprint density at radius 3 is 2.78 bits per heavy atom. The predicted octanol–water partition coefficient (Wildman–Crippen LogP) is 2.46. The summed E-state index contributed by atoms with van der Waals surface area (Å²) >= 11 is 6.18. The summed E-state index contributed by atoms with van der Waals surface area (Å²) in [6.07, 6.45) is 1.42. The molecule has 2 rings (SSSR count). The van der Waals surface area contributed by atoms with Crippen molar-refractivity contribution >= 4 is 51.9 Å². The van der Waals surface area contributed by atoms with Crippen LogP contribution in [0.4, 0.5) is 5.69 Å². The number of esters is 1. The summed E-state index contributed by atoms with van der Waals surface area (Å²) < 4.78 is 10.0. The number of aromatic hydroxyl groups is 1. The minimum absolute atomic E-state index is 0.00602. The Labute approximate surface area is 164 Å². The number of thiocarbonyl (C=S) groups is 1. The summed E-state index contributed by atoms with van der Waals surface area (Å²) in [5.41, 5.74) is -0.249. The maximum Gasteiger partial charge on any atom is 0.315 e. The van der Waals surface area contributed by atoms with Gasteiger partial charge in [-0.25, -0.2) is 0 Å². The Morgan fingerprint density at radius 2 is 2.19 bits per heavy atom. The van der Waals surface area contributed by atoms with E-state index in [0.29, 0.717) is 5.56 Å². The first kappa shape index (κ1) is 20.6. The van der Waals surface area contributed by atoms with Crippen LogP contribution in [0, 0.1) is 10.1 Å². The van der Waals surface area contributed by atoms with Gasteiger partial charge in [-0.15, -0.1) is 0 Å². The molecule has 9 nitrogen and oxygen atoms in total. The molecule has 1 amide bonds. The molecule has 0 atom stereocenters. The standard InChI is InChI=1S/C16H16N2O7S2/c1-3-25-13(19)4-5-17-15(21)12(27-16(17)26)8-9-6-10(18(22)23)14(20)11(7-9)24-2/h6-8,20H,3-5H2,1-2H3/b12-8-. The smallest absolute Gasteiger partial charge is 0.315 e. The lowest BCUT2D eigenvalue weighted by molar-refractivity contribution is -0.386. The predicted molar refractivity (Wildman–Crippen MR) is 102 cm³/mol. The van der Waals surface area contributed by atoms with E-state index in [0.717, 1.165) is 17.8 Å². The minimum Gasteiger partial charge on any atom is -0.500 e. The van der Waals surface area contributed by atoms with E-state index in [1.54, 1.807) is 6.92 Å². The van der Waals surface area contributed by atoms with E-state index in [9.17, 15) is 24.8 Å². The highest BCUT2D eigenvalue weighted by atomic mass is 32.2. The first-order valence-electron chi connectivity index (χ1n) is 7.74. The fraction of sp³-hybridized carbons (Fsp3) is 0.312. The maximum atomic E-state index is 12.5. The molecule has 0 aromatic heterocycles. The van der Waals surface area contributed by atoms with E-state index in [1.807, 2.05) is 0 Å². The number of amides is 1. The molecule has 0 radical (unpaired) electrons. The Balaban J connectivity index is 2.26. The second-order valence-electron chi connectivity index (χ2n) is 5.24. The van der Waals surface area contributed by atoms with Gasteiger partial charge in [0, 0.05) is 12.6 Å². The van der Waals surface area contributed by atoms with Crippen molar-refractivity contribution in [3.05, 3.63) is 32.7 Å². The Hall–Kier alpha value is -2.66. The summed E-state index contributed by atoms with van der Waals surface area (Å²) in [7, 11) is 1.26. The second kappa shape index (κ2) is 8.82. The van der Waals surface area contributed by atoms with E-state index in [-0.39, 0.29) is 34.5 Å². The number of phenols is 1. The van der Waals surface area contributed by atoms with Crippen molar-refractivity contribution in [2.75, 3.05) is 20.3 Å². The fourth-order valence-electron chi connectivity index (χ4n) is 2.27. The fourth-order valence-corrected chi connectivity index (χ4v) is 3.58. The lowest BCUT2D eigenvalue weighted by atomic mass is 10.1. The van der Waals surface area contributed by atoms with Gasteiger partial charge in [0.05, 0.1) is 30.0 Å². The van der Waals surface area contributed by atoms with E-state index in [4.69, 9.17) is 21.7 Å². The van der Waals surface area contributed by atoms with Gasteiger partial charge in [-0.3, -0.25) is 24.6 Å². The first-order valence-corrected chi connectivity index (χ1v) is 8.97. The molecular formula is C16H16N2O7S2. The zero-order valence-electron chi connectivity index (χ0n) is 14.5. The normalized spacial score (nSPS) is 15.3. The average Bonchev–Trinajstić information content (AvgIpc) is 2.87. The van der Waals surface area contributed by atoms with Crippen LogP contribution in [0.3, 0.4) is 0 Å². The van der Waals surface area contributed by atoms with Crippen LogP contribution in [0.15, 0.2) is 17.0 Å². The molecule has 1 aliphatic heterocycles. The molecule has 1 aromatic carbocycles.